The summed E-state index contributed by atoms with van der Waals surface area (Å²) < 4.78 is 1.81. The Morgan fingerprint density at radius 1 is 1.03 bits per heavy atom. The van der Waals surface area contributed by atoms with Crippen molar-refractivity contribution in [3.05, 3.63) is 118 Å². The van der Waals surface area contributed by atoms with Crippen LogP contribution < -0.4 is 10.6 Å². The topological polar surface area (TPSA) is 59.0 Å². The molecule has 5 nitrogen and oxygen atoms in total. The molecule has 0 spiro atoms. The zero-order valence-electron chi connectivity index (χ0n) is 18.1. The van der Waals surface area contributed by atoms with E-state index in [1.165, 1.54) is 5.56 Å². The van der Waals surface area contributed by atoms with Crippen molar-refractivity contribution >= 4 is 34.7 Å². The number of hydrogen-bond acceptors (Lipinski definition) is 3. The maximum atomic E-state index is 13.1. The van der Waals surface area contributed by atoms with Crippen molar-refractivity contribution in [3.8, 4) is 0 Å². The van der Waals surface area contributed by atoms with E-state index >= 15 is 0 Å². The normalized spacial score (nSPS) is 14.7. The Hall–Kier alpha value is -3.83. The van der Waals surface area contributed by atoms with Crippen LogP contribution in [0, 0.1) is 0 Å². The zero-order chi connectivity index (χ0) is 22.8. The minimum atomic E-state index is -0.255. The van der Waals surface area contributed by atoms with Crippen LogP contribution in [0.1, 0.15) is 40.0 Å². The summed E-state index contributed by atoms with van der Waals surface area (Å²) in [5.41, 5.74) is 5.32. The monoisotopic (exact) mass is 454 g/mol. The summed E-state index contributed by atoms with van der Waals surface area (Å²) in [5, 5.41) is 11.6. The molecule has 0 bridgehead atoms. The van der Waals surface area contributed by atoms with Gasteiger partial charge in [-0.2, -0.15) is 5.10 Å². The molecule has 6 heteroatoms. The number of halogens is 1. The van der Waals surface area contributed by atoms with Crippen molar-refractivity contribution in [2.45, 2.75) is 19.4 Å². The van der Waals surface area contributed by atoms with Gasteiger partial charge in [-0.25, -0.2) is 4.68 Å². The molecule has 0 aliphatic carbocycles. The van der Waals surface area contributed by atoms with E-state index in [0.717, 1.165) is 28.9 Å². The van der Waals surface area contributed by atoms with Crippen LogP contribution >= 0.6 is 11.6 Å². The second kappa shape index (κ2) is 8.96. The van der Waals surface area contributed by atoms with E-state index in [0.29, 0.717) is 16.4 Å². The van der Waals surface area contributed by atoms with Crippen molar-refractivity contribution in [2.75, 3.05) is 10.6 Å². The lowest BCUT2D eigenvalue weighted by Crippen LogP contribution is -2.22. The molecule has 0 unspecified atom stereocenters. The number of nitrogens with one attached hydrogen (secondary N) is 2. The second-order valence-corrected chi connectivity index (χ2v) is 8.30. The second-order valence-electron chi connectivity index (χ2n) is 7.89. The van der Waals surface area contributed by atoms with Crippen molar-refractivity contribution in [1.29, 1.82) is 0 Å². The standard InChI is InChI=1S/C27H23ClN4O/c1-2-18-12-14-19(15-13-18)24-16-25(21-10-6-7-11-23(21)28)32-26(31-24)22(17-29-32)27(33)30-20-8-4-3-5-9-20/h3-17,25,31H,2H2,1H3,(H,30,33)/t25-/m0/s1. The maximum absolute atomic E-state index is 13.1. The molecular weight excluding hydrogens is 432 g/mol. The van der Waals surface area contributed by atoms with Gasteiger partial charge in [0.1, 0.15) is 17.4 Å². The van der Waals surface area contributed by atoms with Gasteiger partial charge in [-0.15, -0.1) is 0 Å². The molecular formula is C27H23ClN4O. The predicted octanol–water partition coefficient (Wildman–Crippen LogP) is 6.41. The summed E-state index contributed by atoms with van der Waals surface area (Å²) in [5.74, 6) is 0.404. The SMILES string of the molecule is CCc1ccc(C2=C[C@@H](c3ccccc3Cl)n3ncc(C(=O)Nc4ccccc4)c3N2)cc1. The Morgan fingerprint density at radius 3 is 2.48 bits per heavy atom. The van der Waals surface area contributed by atoms with Gasteiger partial charge in [-0.3, -0.25) is 4.79 Å². The number of aromatic nitrogens is 2. The van der Waals surface area contributed by atoms with E-state index in [9.17, 15) is 4.79 Å². The molecule has 0 saturated heterocycles. The number of rotatable bonds is 5. The molecule has 5 rings (SSSR count). The molecule has 1 aliphatic rings. The molecule has 3 aromatic carbocycles. The number of carbonyl (C=O) groups is 1. The van der Waals surface area contributed by atoms with E-state index in [1.54, 1.807) is 6.20 Å². The molecule has 1 atom stereocenters. The smallest absolute Gasteiger partial charge is 0.261 e. The third-order valence-electron chi connectivity index (χ3n) is 5.81. The molecule has 164 valence electrons. The Bertz CT molecular complexity index is 1330. The largest absolute Gasteiger partial charge is 0.339 e. The summed E-state index contributed by atoms with van der Waals surface area (Å²) in [7, 11) is 0. The van der Waals surface area contributed by atoms with E-state index in [1.807, 2.05) is 59.3 Å². The number of nitrogens with zero attached hydrogens (tertiary/aromatic N) is 2. The van der Waals surface area contributed by atoms with Crippen LogP contribution in [0.15, 0.2) is 91.1 Å². The number of anilines is 2. The van der Waals surface area contributed by atoms with Crippen LogP contribution in [0.4, 0.5) is 11.5 Å². The molecule has 0 fully saturated rings. The van der Waals surface area contributed by atoms with Crippen LogP contribution in [-0.4, -0.2) is 15.7 Å². The van der Waals surface area contributed by atoms with Gasteiger partial charge in [-0.05, 0) is 47.4 Å². The number of allylic oxidation sites excluding steroid dienone is 1. The first-order valence-corrected chi connectivity index (χ1v) is 11.3. The minimum absolute atomic E-state index is 0.226. The summed E-state index contributed by atoms with van der Waals surface area (Å²) in [4.78, 5) is 13.1. The van der Waals surface area contributed by atoms with E-state index in [-0.39, 0.29) is 11.9 Å². The fourth-order valence-electron chi connectivity index (χ4n) is 4.01. The minimum Gasteiger partial charge on any atom is -0.339 e. The number of aryl methyl sites for hydroxylation is 1. The number of para-hydroxylation sites is 1. The average Bonchev–Trinajstić information content (AvgIpc) is 3.29. The Balaban J connectivity index is 1.57. The molecule has 33 heavy (non-hydrogen) atoms. The molecule has 0 radical (unpaired) electrons. The van der Waals surface area contributed by atoms with Crippen molar-refractivity contribution in [2.24, 2.45) is 0 Å². The van der Waals surface area contributed by atoms with Crippen LogP contribution in [0.3, 0.4) is 0 Å². The van der Waals surface area contributed by atoms with Gasteiger partial charge in [0, 0.05) is 16.4 Å². The third kappa shape index (κ3) is 4.15. The molecule has 1 amide bonds. The molecule has 0 saturated carbocycles. The van der Waals surface area contributed by atoms with Crippen LogP contribution in [-0.2, 0) is 6.42 Å². The third-order valence-corrected chi connectivity index (χ3v) is 6.15. The maximum Gasteiger partial charge on any atom is 0.261 e. The Morgan fingerprint density at radius 2 is 1.76 bits per heavy atom. The van der Waals surface area contributed by atoms with Crippen LogP contribution in [0.5, 0.6) is 0 Å². The van der Waals surface area contributed by atoms with E-state index in [4.69, 9.17) is 11.6 Å². The first kappa shape index (κ1) is 21.0. The van der Waals surface area contributed by atoms with E-state index in [2.05, 4.69) is 53.0 Å². The predicted molar refractivity (Wildman–Crippen MR) is 134 cm³/mol. The first-order valence-electron chi connectivity index (χ1n) is 10.9. The highest BCUT2D eigenvalue weighted by Crippen LogP contribution is 2.37. The van der Waals surface area contributed by atoms with E-state index < -0.39 is 0 Å². The van der Waals surface area contributed by atoms with Gasteiger partial charge in [0.2, 0.25) is 0 Å². The highest BCUT2D eigenvalue weighted by atomic mass is 35.5. The summed E-state index contributed by atoms with van der Waals surface area (Å²) in [6.45, 7) is 2.14. The van der Waals surface area contributed by atoms with Gasteiger partial charge in [0.05, 0.1) is 6.20 Å². The number of carbonyl (C=O) groups excluding carboxylic acids is 1. The number of hydrogen-bond donors (Lipinski definition) is 2. The quantitative estimate of drug-likeness (QED) is 0.366. The Labute approximate surface area is 197 Å². The van der Waals surface area contributed by atoms with Crippen LogP contribution in [0.25, 0.3) is 5.70 Å². The highest BCUT2D eigenvalue weighted by Gasteiger charge is 2.28. The lowest BCUT2D eigenvalue weighted by Gasteiger charge is -2.27. The number of amides is 1. The fourth-order valence-corrected chi connectivity index (χ4v) is 4.25. The summed E-state index contributed by atoms with van der Waals surface area (Å²) >= 11 is 6.56. The number of benzene rings is 3. The number of fused-ring (bicyclic) bond motifs is 1. The Kier molecular flexibility index (Phi) is 5.71. The first-order chi connectivity index (χ1) is 16.1. The summed E-state index contributed by atoms with van der Waals surface area (Å²) in [6, 6.07) is 25.3. The van der Waals surface area contributed by atoms with Crippen molar-refractivity contribution < 1.29 is 4.79 Å². The fraction of sp³-hybridized carbons (Fsp3) is 0.111. The molecule has 1 aromatic heterocycles. The van der Waals surface area contributed by atoms with Gasteiger partial charge in [-0.1, -0.05) is 79.2 Å². The molecule has 2 N–H and O–H groups in total. The van der Waals surface area contributed by atoms with Gasteiger partial charge in [0.15, 0.2) is 0 Å². The van der Waals surface area contributed by atoms with Crippen molar-refractivity contribution in [1.82, 2.24) is 9.78 Å². The van der Waals surface area contributed by atoms with Gasteiger partial charge < -0.3 is 10.6 Å². The van der Waals surface area contributed by atoms with Gasteiger partial charge >= 0.3 is 0 Å². The lowest BCUT2D eigenvalue weighted by molar-refractivity contribution is 0.102. The lowest BCUT2D eigenvalue weighted by atomic mass is 10.00. The molecule has 4 aromatic rings. The molecule has 2 heterocycles. The van der Waals surface area contributed by atoms with Gasteiger partial charge in [0.25, 0.3) is 5.91 Å². The summed E-state index contributed by atoms with van der Waals surface area (Å²) in [6.07, 6.45) is 4.67. The van der Waals surface area contributed by atoms with Crippen LogP contribution in [0.2, 0.25) is 5.02 Å². The molecule has 1 aliphatic heterocycles. The zero-order valence-corrected chi connectivity index (χ0v) is 18.9. The highest BCUT2D eigenvalue weighted by molar-refractivity contribution is 6.31. The van der Waals surface area contributed by atoms with Crippen molar-refractivity contribution in [3.63, 3.8) is 0 Å². The average molecular weight is 455 g/mol.